The maximum atomic E-state index is 12.5. The number of nitrogens with two attached hydrogens (primary N) is 1. The molecule has 23 heavy (non-hydrogen) atoms. The van der Waals surface area contributed by atoms with Crippen LogP contribution in [0.25, 0.3) is 0 Å². The van der Waals surface area contributed by atoms with Crippen molar-refractivity contribution in [2.75, 3.05) is 25.0 Å². The summed E-state index contributed by atoms with van der Waals surface area (Å²) in [6, 6.07) is 0.101. The van der Waals surface area contributed by atoms with Crippen molar-refractivity contribution in [1.82, 2.24) is 14.7 Å². The summed E-state index contributed by atoms with van der Waals surface area (Å²) < 4.78 is 7.19. The predicted octanol–water partition coefficient (Wildman–Crippen LogP) is 1.02. The predicted molar refractivity (Wildman–Crippen MR) is 84.0 cm³/mol. The zero-order valence-corrected chi connectivity index (χ0v) is 13.3. The van der Waals surface area contributed by atoms with E-state index in [9.17, 15) is 9.59 Å². The third-order valence-electron chi connectivity index (χ3n) is 4.55. The number of primary amides is 1. The van der Waals surface area contributed by atoms with Crippen LogP contribution in [-0.4, -0.2) is 52.4 Å². The fourth-order valence-electron chi connectivity index (χ4n) is 3.22. The van der Waals surface area contributed by atoms with Crippen molar-refractivity contribution < 1.29 is 14.3 Å². The Kier molecular flexibility index (Phi) is 4.51. The summed E-state index contributed by atoms with van der Waals surface area (Å²) in [6.45, 7) is 2.85. The van der Waals surface area contributed by atoms with Crippen LogP contribution in [0.5, 0.6) is 0 Å². The van der Waals surface area contributed by atoms with Crippen LogP contribution >= 0.6 is 0 Å². The lowest BCUT2D eigenvalue weighted by molar-refractivity contribution is -0.133. The third kappa shape index (κ3) is 3.31. The van der Waals surface area contributed by atoms with E-state index in [2.05, 4.69) is 10.4 Å². The molecule has 1 aliphatic heterocycles. The number of hydrogen-bond acceptors (Lipinski definition) is 4. The van der Waals surface area contributed by atoms with Gasteiger partial charge in [-0.1, -0.05) is 12.8 Å². The van der Waals surface area contributed by atoms with Crippen LogP contribution in [-0.2, 0) is 9.53 Å². The molecule has 1 atom stereocenters. The highest BCUT2D eigenvalue weighted by molar-refractivity contribution is 5.90. The summed E-state index contributed by atoms with van der Waals surface area (Å²) in [5.74, 6) is 0.193. The Balaban J connectivity index is 1.70. The van der Waals surface area contributed by atoms with Crippen LogP contribution in [0, 0.1) is 6.92 Å². The molecule has 3 N–H and O–H groups in total. The van der Waals surface area contributed by atoms with Crippen molar-refractivity contribution in [3.8, 4) is 0 Å². The molecule has 1 aromatic rings. The number of aromatic nitrogens is 2. The molecule has 8 heteroatoms. The second-order valence-corrected chi connectivity index (χ2v) is 6.20. The van der Waals surface area contributed by atoms with Crippen molar-refractivity contribution in [3.05, 3.63) is 11.8 Å². The standard InChI is InChI=1S/C15H23N5O3/c1-10-8-17-20(11-4-2-3-5-11)14(10)18-15(22)19-6-7-23-12(9-19)13(16)21/h8,11-12H,2-7,9H2,1H3,(H2,16,21)(H,18,22)/t12-/m1/s1. The number of urea groups is 1. The van der Waals surface area contributed by atoms with E-state index in [4.69, 9.17) is 10.5 Å². The highest BCUT2D eigenvalue weighted by atomic mass is 16.5. The minimum atomic E-state index is -0.740. The summed E-state index contributed by atoms with van der Waals surface area (Å²) in [5, 5.41) is 7.37. The first kappa shape index (κ1) is 15.8. The minimum absolute atomic E-state index is 0.178. The largest absolute Gasteiger partial charge is 0.367 e. The Morgan fingerprint density at radius 3 is 2.83 bits per heavy atom. The highest BCUT2D eigenvalue weighted by Gasteiger charge is 2.29. The van der Waals surface area contributed by atoms with Gasteiger partial charge in [0.25, 0.3) is 0 Å². The van der Waals surface area contributed by atoms with Crippen molar-refractivity contribution in [1.29, 1.82) is 0 Å². The molecule has 1 saturated heterocycles. The van der Waals surface area contributed by atoms with Gasteiger partial charge >= 0.3 is 6.03 Å². The minimum Gasteiger partial charge on any atom is -0.367 e. The SMILES string of the molecule is Cc1cnn(C2CCCC2)c1NC(=O)N1CCO[C@@H](C(N)=O)C1. The number of amides is 3. The van der Waals surface area contributed by atoms with Gasteiger partial charge in [0, 0.05) is 12.1 Å². The quantitative estimate of drug-likeness (QED) is 0.867. The number of anilines is 1. The maximum Gasteiger partial charge on any atom is 0.323 e. The van der Waals surface area contributed by atoms with Gasteiger partial charge in [0.05, 0.1) is 25.4 Å². The van der Waals surface area contributed by atoms with E-state index in [1.807, 2.05) is 11.6 Å². The first-order chi connectivity index (χ1) is 11.1. The molecule has 0 unspecified atom stereocenters. The molecule has 3 amide bonds. The van der Waals surface area contributed by atoms with Crippen molar-refractivity contribution in [3.63, 3.8) is 0 Å². The normalized spacial score (nSPS) is 22.3. The van der Waals surface area contributed by atoms with E-state index in [-0.39, 0.29) is 12.6 Å². The molecule has 0 aromatic carbocycles. The van der Waals surface area contributed by atoms with Crippen LogP contribution in [0.4, 0.5) is 10.6 Å². The highest BCUT2D eigenvalue weighted by Crippen LogP contribution is 2.32. The monoisotopic (exact) mass is 321 g/mol. The molecule has 8 nitrogen and oxygen atoms in total. The van der Waals surface area contributed by atoms with Crippen LogP contribution in [0.1, 0.15) is 37.3 Å². The van der Waals surface area contributed by atoms with Crippen molar-refractivity contribution in [2.24, 2.45) is 5.73 Å². The zero-order chi connectivity index (χ0) is 16.4. The van der Waals surface area contributed by atoms with Gasteiger partial charge in [-0.15, -0.1) is 0 Å². The van der Waals surface area contributed by atoms with Gasteiger partial charge in [-0.25, -0.2) is 9.48 Å². The molecule has 1 aliphatic carbocycles. The van der Waals surface area contributed by atoms with Gasteiger partial charge < -0.3 is 15.4 Å². The summed E-state index contributed by atoms with van der Waals surface area (Å²) in [6.07, 6.45) is 5.60. The first-order valence-electron chi connectivity index (χ1n) is 8.07. The Bertz CT molecular complexity index is 594. The Labute approximate surface area is 134 Å². The number of carbonyl (C=O) groups is 2. The van der Waals surface area contributed by atoms with Crippen LogP contribution in [0.2, 0.25) is 0 Å². The van der Waals surface area contributed by atoms with Crippen LogP contribution < -0.4 is 11.1 Å². The summed E-state index contributed by atoms with van der Waals surface area (Å²) in [4.78, 5) is 25.3. The number of rotatable bonds is 3. The number of aryl methyl sites for hydroxylation is 1. The summed E-state index contributed by atoms with van der Waals surface area (Å²) in [5.41, 5.74) is 6.20. The molecule has 1 saturated carbocycles. The molecule has 1 aromatic heterocycles. The number of nitrogens with one attached hydrogen (secondary N) is 1. The van der Waals surface area contributed by atoms with Gasteiger partial charge in [0.1, 0.15) is 5.82 Å². The van der Waals surface area contributed by atoms with Crippen molar-refractivity contribution in [2.45, 2.75) is 44.8 Å². The molecule has 2 fully saturated rings. The van der Waals surface area contributed by atoms with Crippen molar-refractivity contribution >= 4 is 17.8 Å². The number of nitrogens with zero attached hydrogens (tertiary/aromatic N) is 3. The number of hydrogen-bond donors (Lipinski definition) is 2. The number of morpholine rings is 1. The molecule has 0 bridgehead atoms. The van der Waals surface area contributed by atoms with E-state index in [1.165, 1.54) is 12.8 Å². The Hall–Kier alpha value is -2.09. The fraction of sp³-hybridized carbons (Fsp3) is 0.667. The van der Waals surface area contributed by atoms with E-state index < -0.39 is 12.0 Å². The molecule has 3 rings (SSSR count). The molecule has 2 aliphatic rings. The molecule has 0 radical (unpaired) electrons. The van der Waals surface area contributed by atoms with E-state index in [0.29, 0.717) is 19.2 Å². The topological polar surface area (TPSA) is 102 Å². The average Bonchev–Trinajstić information content (AvgIpc) is 3.18. The van der Waals surface area contributed by atoms with Crippen LogP contribution in [0.3, 0.4) is 0 Å². The maximum absolute atomic E-state index is 12.5. The third-order valence-corrected chi connectivity index (χ3v) is 4.55. The first-order valence-corrected chi connectivity index (χ1v) is 8.07. The Morgan fingerprint density at radius 2 is 2.13 bits per heavy atom. The van der Waals surface area contributed by atoms with Gasteiger partial charge in [0.2, 0.25) is 5.91 Å². The molecular formula is C15H23N5O3. The zero-order valence-electron chi connectivity index (χ0n) is 13.3. The average molecular weight is 321 g/mol. The lowest BCUT2D eigenvalue weighted by Gasteiger charge is -2.31. The van der Waals surface area contributed by atoms with E-state index >= 15 is 0 Å². The van der Waals surface area contributed by atoms with Gasteiger partial charge in [-0.3, -0.25) is 10.1 Å². The van der Waals surface area contributed by atoms with Gasteiger partial charge in [-0.2, -0.15) is 5.10 Å². The second kappa shape index (κ2) is 6.57. The lowest BCUT2D eigenvalue weighted by Crippen LogP contribution is -2.51. The lowest BCUT2D eigenvalue weighted by atomic mass is 10.2. The van der Waals surface area contributed by atoms with Crippen LogP contribution in [0.15, 0.2) is 6.20 Å². The molecule has 2 heterocycles. The number of ether oxygens (including phenoxy) is 1. The summed E-state index contributed by atoms with van der Waals surface area (Å²) in [7, 11) is 0. The van der Waals surface area contributed by atoms with E-state index in [1.54, 1.807) is 11.1 Å². The Morgan fingerprint density at radius 1 is 1.39 bits per heavy atom. The smallest absolute Gasteiger partial charge is 0.323 e. The van der Waals surface area contributed by atoms with Gasteiger partial charge in [-0.05, 0) is 19.8 Å². The van der Waals surface area contributed by atoms with E-state index in [0.717, 1.165) is 24.2 Å². The molecular weight excluding hydrogens is 298 g/mol. The van der Waals surface area contributed by atoms with Gasteiger partial charge in [0.15, 0.2) is 6.10 Å². The second-order valence-electron chi connectivity index (χ2n) is 6.20. The fourth-order valence-corrected chi connectivity index (χ4v) is 3.22. The summed E-state index contributed by atoms with van der Waals surface area (Å²) >= 11 is 0. The molecule has 0 spiro atoms. The number of carbonyl (C=O) groups excluding carboxylic acids is 2. The molecule has 126 valence electrons.